The average Bonchev–Trinajstić information content (AvgIpc) is 2.70. The quantitative estimate of drug-likeness (QED) is 0.900. The van der Waals surface area contributed by atoms with Gasteiger partial charge in [0.05, 0.1) is 18.1 Å². The summed E-state index contributed by atoms with van der Waals surface area (Å²) in [4.78, 5) is 4.33. The largest absolute Gasteiger partial charge is 0.340 e. The molecule has 1 atom stereocenters. The minimum Gasteiger partial charge on any atom is -0.340 e. The van der Waals surface area contributed by atoms with Crippen molar-refractivity contribution < 1.29 is 0 Å². The highest BCUT2D eigenvalue weighted by atomic mass is 15.0. The van der Waals surface area contributed by atoms with E-state index in [1.807, 2.05) is 17.8 Å². The molecule has 0 amide bonds. The number of aryl methyl sites for hydroxylation is 4. The Morgan fingerprint density at radius 1 is 1.22 bits per heavy atom. The van der Waals surface area contributed by atoms with Crippen LogP contribution >= 0.6 is 0 Å². The number of hydrogen-bond donors (Lipinski definition) is 1. The van der Waals surface area contributed by atoms with Gasteiger partial charge >= 0.3 is 0 Å². The van der Waals surface area contributed by atoms with E-state index in [0.717, 1.165) is 12.1 Å². The zero-order valence-electron chi connectivity index (χ0n) is 11.6. The molecule has 1 heterocycles. The van der Waals surface area contributed by atoms with Crippen LogP contribution in [0.2, 0.25) is 0 Å². The molecule has 0 radical (unpaired) electrons. The van der Waals surface area contributed by atoms with Crippen molar-refractivity contribution in [1.29, 1.82) is 0 Å². The molecule has 0 aliphatic carbocycles. The third kappa shape index (κ3) is 2.62. The molecule has 0 bridgehead atoms. The Kier molecular flexibility index (Phi) is 3.53. The van der Waals surface area contributed by atoms with Gasteiger partial charge in [0, 0.05) is 13.2 Å². The summed E-state index contributed by atoms with van der Waals surface area (Å²) in [7, 11) is 1.96. The topological polar surface area (TPSA) is 43.8 Å². The van der Waals surface area contributed by atoms with Crippen molar-refractivity contribution in [2.24, 2.45) is 12.8 Å². The molecule has 2 rings (SSSR count). The summed E-state index contributed by atoms with van der Waals surface area (Å²) in [6.45, 7) is 6.43. The molecule has 1 unspecified atom stereocenters. The van der Waals surface area contributed by atoms with Crippen molar-refractivity contribution in [2.75, 3.05) is 0 Å². The first-order chi connectivity index (χ1) is 8.47. The first-order valence-electron chi connectivity index (χ1n) is 6.27. The summed E-state index contributed by atoms with van der Waals surface area (Å²) >= 11 is 0. The first-order valence-corrected chi connectivity index (χ1v) is 6.27. The molecule has 2 N–H and O–H groups in total. The summed E-state index contributed by atoms with van der Waals surface area (Å²) in [6.07, 6.45) is 4.63. The van der Waals surface area contributed by atoms with Crippen LogP contribution in [-0.2, 0) is 13.5 Å². The molecular formula is C15H21N3. The van der Waals surface area contributed by atoms with Gasteiger partial charge in [0.15, 0.2) is 0 Å². The van der Waals surface area contributed by atoms with Crippen LogP contribution in [0.4, 0.5) is 0 Å². The number of nitrogens with two attached hydrogens (primary N) is 1. The van der Waals surface area contributed by atoms with E-state index in [4.69, 9.17) is 5.73 Å². The minimum absolute atomic E-state index is 0.0358. The molecule has 96 valence electrons. The SMILES string of the molecule is Cc1cc(C)c(CC(N)c2cn(C)cn2)c(C)c1. The lowest BCUT2D eigenvalue weighted by atomic mass is 9.94. The fourth-order valence-electron chi connectivity index (χ4n) is 2.48. The molecule has 0 saturated heterocycles. The van der Waals surface area contributed by atoms with Gasteiger partial charge in [-0.3, -0.25) is 0 Å². The maximum absolute atomic E-state index is 6.24. The van der Waals surface area contributed by atoms with Crippen LogP contribution in [0.25, 0.3) is 0 Å². The highest BCUT2D eigenvalue weighted by molar-refractivity contribution is 5.38. The second kappa shape index (κ2) is 4.94. The zero-order chi connectivity index (χ0) is 13.3. The molecule has 3 heteroatoms. The normalized spacial score (nSPS) is 12.7. The highest BCUT2D eigenvalue weighted by Gasteiger charge is 2.13. The Balaban J connectivity index is 2.24. The van der Waals surface area contributed by atoms with E-state index in [-0.39, 0.29) is 6.04 Å². The van der Waals surface area contributed by atoms with Crippen LogP contribution in [-0.4, -0.2) is 9.55 Å². The van der Waals surface area contributed by atoms with E-state index in [9.17, 15) is 0 Å². The van der Waals surface area contributed by atoms with Gasteiger partial charge in [0.2, 0.25) is 0 Å². The summed E-state index contributed by atoms with van der Waals surface area (Å²) in [5, 5.41) is 0. The van der Waals surface area contributed by atoms with Crippen molar-refractivity contribution in [2.45, 2.75) is 33.2 Å². The maximum atomic E-state index is 6.24. The van der Waals surface area contributed by atoms with Crippen molar-refractivity contribution in [3.63, 3.8) is 0 Å². The minimum atomic E-state index is -0.0358. The fraction of sp³-hybridized carbons (Fsp3) is 0.400. The summed E-state index contributed by atoms with van der Waals surface area (Å²) in [6, 6.07) is 4.40. The average molecular weight is 243 g/mol. The lowest BCUT2D eigenvalue weighted by Crippen LogP contribution is -2.15. The summed E-state index contributed by atoms with van der Waals surface area (Å²) in [5.41, 5.74) is 12.5. The van der Waals surface area contributed by atoms with Gasteiger partial charge in [-0.15, -0.1) is 0 Å². The van der Waals surface area contributed by atoms with Crippen LogP contribution in [0, 0.1) is 20.8 Å². The van der Waals surface area contributed by atoms with E-state index < -0.39 is 0 Å². The summed E-state index contributed by atoms with van der Waals surface area (Å²) in [5.74, 6) is 0. The highest BCUT2D eigenvalue weighted by Crippen LogP contribution is 2.21. The number of hydrogen-bond acceptors (Lipinski definition) is 2. The predicted octanol–water partition coefficient (Wildman–Crippen LogP) is 2.59. The molecule has 1 aromatic heterocycles. The predicted molar refractivity (Wildman–Crippen MR) is 74.5 cm³/mol. The smallest absolute Gasteiger partial charge is 0.0947 e. The molecule has 0 aliphatic rings. The van der Waals surface area contributed by atoms with E-state index >= 15 is 0 Å². The zero-order valence-corrected chi connectivity index (χ0v) is 11.6. The van der Waals surface area contributed by atoms with E-state index in [2.05, 4.69) is 37.9 Å². The number of imidazole rings is 1. The molecule has 0 spiro atoms. The van der Waals surface area contributed by atoms with Crippen molar-refractivity contribution >= 4 is 0 Å². The van der Waals surface area contributed by atoms with Gasteiger partial charge in [-0.05, 0) is 43.9 Å². The lowest BCUT2D eigenvalue weighted by molar-refractivity contribution is 0.694. The van der Waals surface area contributed by atoms with Crippen LogP contribution < -0.4 is 5.73 Å². The molecule has 3 nitrogen and oxygen atoms in total. The van der Waals surface area contributed by atoms with Crippen molar-refractivity contribution in [3.05, 3.63) is 52.6 Å². The Hall–Kier alpha value is -1.61. The Bertz CT molecular complexity index is 532. The van der Waals surface area contributed by atoms with E-state index in [1.54, 1.807) is 6.33 Å². The Morgan fingerprint density at radius 2 is 1.83 bits per heavy atom. The molecular weight excluding hydrogens is 222 g/mol. The number of nitrogens with zero attached hydrogens (tertiary/aromatic N) is 2. The van der Waals surface area contributed by atoms with Crippen molar-refractivity contribution in [1.82, 2.24) is 9.55 Å². The maximum Gasteiger partial charge on any atom is 0.0947 e. The molecule has 2 aromatic rings. The summed E-state index contributed by atoms with van der Waals surface area (Å²) < 4.78 is 1.93. The van der Waals surface area contributed by atoms with Crippen LogP contribution in [0.15, 0.2) is 24.7 Å². The van der Waals surface area contributed by atoms with E-state index in [0.29, 0.717) is 0 Å². The van der Waals surface area contributed by atoms with Crippen LogP contribution in [0.3, 0.4) is 0 Å². The van der Waals surface area contributed by atoms with Gasteiger partial charge in [0.1, 0.15) is 0 Å². The molecule has 0 saturated carbocycles. The standard InChI is InChI=1S/C15H21N3/c1-10-5-11(2)13(12(3)6-10)7-14(16)15-8-18(4)9-17-15/h5-6,8-9,14H,7,16H2,1-4H3. The van der Waals surface area contributed by atoms with Crippen molar-refractivity contribution in [3.8, 4) is 0 Å². The monoisotopic (exact) mass is 243 g/mol. The third-order valence-electron chi connectivity index (χ3n) is 3.37. The number of rotatable bonds is 3. The number of aromatic nitrogens is 2. The fourth-order valence-corrected chi connectivity index (χ4v) is 2.48. The Morgan fingerprint density at radius 3 is 2.33 bits per heavy atom. The Labute approximate surface area is 109 Å². The van der Waals surface area contributed by atoms with Crippen LogP contribution in [0.5, 0.6) is 0 Å². The third-order valence-corrected chi connectivity index (χ3v) is 3.37. The first kappa shape index (κ1) is 12.8. The van der Waals surface area contributed by atoms with Gasteiger partial charge in [0.25, 0.3) is 0 Å². The molecule has 1 aromatic carbocycles. The van der Waals surface area contributed by atoms with Gasteiger partial charge in [-0.2, -0.15) is 0 Å². The van der Waals surface area contributed by atoms with Gasteiger partial charge in [-0.1, -0.05) is 17.7 Å². The lowest BCUT2D eigenvalue weighted by Gasteiger charge is -2.15. The number of benzene rings is 1. The second-order valence-corrected chi connectivity index (χ2v) is 5.15. The molecule has 0 fully saturated rings. The van der Waals surface area contributed by atoms with Gasteiger partial charge < -0.3 is 10.3 Å². The molecule has 18 heavy (non-hydrogen) atoms. The van der Waals surface area contributed by atoms with Gasteiger partial charge in [-0.25, -0.2) is 4.98 Å². The molecule has 0 aliphatic heterocycles. The second-order valence-electron chi connectivity index (χ2n) is 5.15. The van der Waals surface area contributed by atoms with Crippen LogP contribution in [0.1, 0.15) is 34.0 Å². The van der Waals surface area contributed by atoms with E-state index in [1.165, 1.54) is 22.3 Å².